The predicted octanol–water partition coefficient (Wildman–Crippen LogP) is 5.34. The Labute approximate surface area is 147 Å². The minimum Gasteiger partial charge on any atom is -0.459 e. The van der Waals surface area contributed by atoms with Crippen LogP contribution in [0.4, 0.5) is 0 Å². The van der Waals surface area contributed by atoms with Gasteiger partial charge in [0.15, 0.2) is 0 Å². The summed E-state index contributed by atoms with van der Waals surface area (Å²) in [5.74, 6) is -0.263. The number of esters is 1. The quantitative estimate of drug-likeness (QED) is 0.522. The molecule has 23 heavy (non-hydrogen) atoms. The number of alkyl halides is 1. The summed E-state index contributed by atoms with van der Waals surface area (Å²) in [7, 11) is 0. The maximum absolute atomic E-state index is 12.4. The fourth-order valence-corrected chi connectivity index (χ4v) is 3.27. The van der Waals surface area contributed by atoms with Crippen LogP contribution in [0.2, 0.25) is 0 Å². The average Bonchev–Trinajstić information content (AvgIpc) is 2.45. The molecule has 2 rings (SSSR count). The van der Waals surface area contributed by atoms with Gasteiger partial charge in [-0.05, 0) is 50.2 Å². The zero-order chi connectivity index (χ0) is 17.3. The van der Waals surface area contributed by atoms with Crippen molar-refractivity contribution in [3.05, 3.63) is 35.4 Å². The van der Waals surface area contributed by atoms with Gasteiger partial charge in [-0.25, -0.2) is 0 Å². The van der Waals surface area contributed by atoms with Crippen molar-refractivity contribution in [3.63, 3.8) is 0 Å². The van der Waals surface area contributed by atoms with E-state index in [4.69, 9.17) is 9.47 Å². The minimum absolute atomic E-state index is 0.0433. The summed E-state index contributed by atoms with van der Waals surface area (Å²) in [6, 6.07) is 7.97. The van der Waals surface area contributed by atoms with Crippen LogP contribution < -0.4 is 0 Å². The summed E-state index contributed by atoms with van der Waals surface area (Å²) in [5, 5.41) is 0. The molecule has 3 nitrogen and oxygen atoms in total. The van der Waals surface area contributed by atoms with Gasteiger partial charge >= 0.3 is 5.97 Å². The average molecular weight is 383 g/mol. The molecule has 4 heteroatoms. The Morgan fingerprint density at radius 3 is 2.57 bits per heavy atom. The maximum atomic E-state index is 12.4. The fourth-order valence-electron chi connectivity index (χ4n) is 2.76. The van der Waals surface area contributed by atoms with Gasteiger partial charge < -0.3 is 9.47 Å². The smallest absolute Gasteiger partial charge is 0.324 e. The number of benzene rings is 1. The van der Waals surface area contributed by atoms with Crippen LogP contribution in [-0.4, -0.2) is 18.2 Å². The summed E-state index contributed by atoms with van der Waals surface area (Å²) in [5.41, 5.74) is 1.75. The zero-order valence-electron chi connectivity index (χ0n) is 14.7. The van der Waals surface area contributed by atoms with E-state index in [1.54, 1.807) is 0 Å². The van der Waals surface area contributed by atoms with Gasteiger partial charge in [-0.1, -0.05) is 54.0 Å². The van der Waals surface area contributed by atoms with Crippen molar-refractivity contribution in [1.82, 2.24) is 0 Å². The van der Waals surface area contributed by atoms with Crippen LogP contribution in [0.1, 0.15) is 69.5 Å². The number of ether oxygens (including phenoxy) is 2. The molecule has 1 aliphatic rings. The zero-order valence-corrected chi connectivity index (χ0v) is 16.3. The van der Waals surface area contributed by atoms with E-state index in [1.165, 1.54) is 0 Å². The third kappa shape index (κ3) is 5.05. The summed E-state index contributed by atoms with van der Waals surface area (Å²) in [6.07, 6.45) is 2.13. The molecule has 0 radical (unpaired) electrons. The van der Waals surface area contributed by atoms with Crippen LogP contribution in [0.25, 0.3) is 0 Å². The minimum atomic E-state index is -0.497. The van der Waals surface area contributed by atoms with Crippen molar-refractivity contribution >= 4 is 21.9 Å². The molecule has 1 heterocycles. The highest BCUT2D eigenvalue weighted by Crippen LogP contribution is 2.40. The van der Waals surface area contributed by atoms with E-state index < -0.39 is 10.4 Å². The number of rotatable bonds is 3. The SMILES string of the molecule is CC1(C)CCC(c2ccccc2C(Br)C(=O)OC(C)(C)C)OC1. The number of hydrogen-bond donors (Lipinski definition) is 0. The van der Waals surface area contributed by atoms with Gasteiger partial charge in [-0.3, -0.25) is 4.79 Å². The molecule has 2 unspecified atom stereocenters. The van der Waals surface area contributed by atoms with Crippen molar-refractivity contribution in [2.75, 3.05) is 6.61 Å². The molecule has 0 N–H and O–H groups in total. The molecular formula is C19H27BrO3. The van der Waals surface area contributed by atoms with E-state index >= 15 is 0 Å². The Hall–Kier alpha value is -0.870. The molecule has 1 fully saturated rings. The molecule has 1 aliphatic heterocycles. The highest BCUT2D eigenvalue weighted by Gasteiger charge is 2.32. The molecule has 0 aliphatic carbocycles. The number of halogens is 1. The molecular weight excluding hydrogens is 356 g/mol. The largest absolute Gasteiger partial charge is 0.459 e. The lowest BCUT2D eigenvalue weighted by molar-refractivity contribution is -0.154. The third-order valence-corrected chi connectivity index (χ3v) is 4.86. The molecule has 0 spiro atoms. The highest BCUT2D eigenvalue weighted by atomic mass is 79.9. The molecule has 1 aromatic carbocycles. The Kier molecular flexibility index (Phi) is 5.57. The van der Waals surface area contributed by atoms with Crippen molar-refractivity contribution in [3.8, 4) is 0 Å². The van der Waals surface area contributed by atoms with Gasteiger partial charge in [-0.2, -0.15) is 0 Å². The van der Waals surface area contributed by atoms with E-state index in [-0.39, 0.29) is 17.5 Å². The summed E-state index contributed by atoms with van der Waals surface area (Å²) < 4.78 is 11.6. The Bertz CT molecular complexity index is 550. The molecule has 0 saturated carbocycles. The van der Waals surface area contributed by atoms with Crippen LogP contribution >= 0.6 is 15.9 Å². The van der Waals surface area contributed by atoms with Gasteiger partial charge in [-0.15, -0.1) is 0 Å². The van der Waals surface area contributed by atoms with Crippen LogP contribution in [0, 0.1) is 5.41 Å². The normalized spacial score (nSPS) is 22.4. The summed E-state index contributed by atoms with van der Waals surface area (Å²) >= 11 is 3.51. The first-order valence-corrected chi connectivity index (χ1v) is 9.08. The first-order valence-electron chi connectivity index (χ1n) is 8.16. The second-order valence-electron chi connectivity index (χ2n) is 8.03. The van der Waals surface area contributed by atoms with Crippen LogP contribution in [-0.2, 0) is 14.3 Å². The van der Waals surface area contributed by atoms with Crippen molar-refractivity contribution in [2.45, 2.75) is 64.0 Å². The Morgan fingerprint density at radius 2 is 2.00 bits per heavy atom. The van der Waals surface area contributed by atoms with E-state index in [2.05, 4.69) is 35.8 Å². The third-order valence-electron chi connectivity index (χ3n) is 3.99. The number of carbonyl (C=O) groups is 1. The molecule has 128 valence electrons. The lowest BCUT2D eigenvalue weighted by Crippen LogP contribution is -2.29. The van der Waals surface area contributed by atoms with Crippen LogP contribution in [0.15, 0.2) is 24.3 Å². The molecule has 0 bridgehead atoms. The van der Waals surface area contributed by atoms with Gasteiger partial charge in [0.2, 0.25) is 0 Å². The van der Waals surface area contributed by atoms with Crippen molar-refractivity contribution < 1.29 is 14.3 Å². The standard InChI is InChI=1S/C19H27BrO3/c1-18(2,3)23-17(21)16(20)14-9-7-6-8-13(14)15-10-11-19(4,5)12-22-15/h6-9,15-16H,10-12H2,1-5H3. The van der Waals surface area contributed by atoms with Gasteiger partial charge in [0.05, 0.1) is 12.7 Å². The Balaban J connectivity index is 2.19. The molecule has 0 aromatic heterocycles. The van der Waals surface area contributed by atoms with Gasteiger partial charge in [0.25, 0.3) is 0 Å². The van der Waals surface area contributed by atoms with Crippen molar-refractivity contribution in [2.24, 2.45) is 5.41 Å². The monoisotopic (exact) mass is 382 g/mol. The number of carbonyl (C=O) groups excluding carboxylic acids is 1. The van der Waals surface area contributed by atoms with E-state index in [0.29, 0.717) is 0 Å². The lowest BCUT2D eigenvalue weighted by atomic mass is 9.83. The molecule has 0 amide bonds. The number of hydrogen-bond acceptors (Lipinski definition) is 3. The van der Waals surface area contributed by atoms with E-state index in [0.717, 1.165) is 30.6 Å². The Morgan fingerprint density at radius 1 is 1.35 bits per heavy atom. The van der Waals surface area contributed by atoms with E-state index in [9.17, 15) is 4.79 Å². The van der Waals surface area contributed by atoms with Crippen LogP contribution in [0.3, 0.4) is 0 Å². The summed E-state index contributed by atoms with van der Waals surface area (Å²) in [4.78, 5) is 11.9. The molecule has 2 atom stereocenters. The first kappa shape index (κ1) is 18.5. The van der Waals surface area contributed by atoms with Crippen molar-refractivity contribution in [1.29, 1.82) is 0 Å². The maximum Gasteiger partial charge on any atom is 0.324 e. The molecule has 1 saturated heterocycles. The predicted molar refractivity (Wildman–Crippen MR) is 95.7 cm³/mol. The van der Waals surface area contributed by atoms with E-state index in [1.807, 2.05) is 39.0 Å². The first-order chi connectivity index (χ1) is 10.6. The summed E-state index contributed by atoms with van der Waals surface area (Å²) in [6.45, 7) is 10.8. The topological polar surface area (TPSA) is 35.5 Å². The van der Waals surface area contributed by atoms with Gasteiger partial charge in [0.1, 0.15) is 10.4 Å². The second kappa shape index (κ2) is 6.94. The molecule has 1 aromatic rings. The second-order valence-corrected chi connectivity index (χ2v) is 8.94. The highest BCUT2D eigenvalue weighted by molar-refractivity contribution is 9.09. The lowest BCUT2D eigenvalue weighted by Gasteiger charge is -2.35. The fraction of sp³-hybridized carbons (Fsp3) is 0.632. The van der Waals surface area contributed by atoms with Crippen LogP contribution in [0.5, 0.6) is 0 Å². The van der Waals surface area contributed by atoms with Gasteiger partial charge in [0, 0.05) is 0 Å².